The number of nitrogens with one attached hydrogen (secondary N) is 1. The average molecular weight is 448 g/mol. The second-order valence-electron chi connectivity index (χ2n) is 7.58. The first kappa shape index (κ1) is 24.8. The molecule has 0 spiro atoms. The van der Waals surface area contributed by atoms with E-state index in [2.05, 4.69) is 31.0 Å². The van der Waals surface area contributed by atoms with Gasteiger partial charge in [-0.1, -0.05) is 32.9 Å². The molecule has 0 aliphatic carbocycles. The van der Waals surface area contributed by atoms with Crippen molar-refractivity contribution in [1.29, 1.82) is 0 Å². The highest BCUT2D eigenvalue weighted by molar-refractivity contribution is 7.89. The molecule has 0 aromatic heterocycles. The summed E-state index contributed by atoms with van der Waals surface area (Å²) >= 11 is 0. The number of hydrogen-bond donors (Lipinski definition) is 2. The predicted octanol–water partition coefficient (Wildman–Crippen LogP) is 3.91. The molecule has 2 aromatic carbocycles. The summed E-state index contributed by atoms with van der Waals surface area (Å²) in [5.41, 5.74) is 1.58. The highest BCUT2D eigenvalue weighted by Gasteiger charge is 2.23. The van der Waals surface area contributed by atoms with Crippen LogP contribution in [0.3, 0.4) is 0 Å². The van der Waals surface area contributed by atoms with Crippen LogP contribution in [-0.2, 0) is 16.6 Å². The Morgan fingerprint density at radius 1 is 1.00 bits per heavy atom. The number of carbonyl (C=O) groups is 1. The highest BCUT2D eigenvalue weighted by atomic mass is 32.2. The van der Waals surface area contributed by atoms with Crippen LogP contribution < -0.4 is 5.32 Å². The quantitative estimate of drug-likeness (QED) is 0.539. The third-order valence-corrected chi connectivity index (χ3v) is 7.34. The first-order valence-corrected chi connectivity index (χ1v) is 12.0. The molecule has 1 amide bonds. The van der Waals surface area contributed by atoms with E-state index < -0.39 is 15.9 Å². The fourth-order valence-electron chi connectivity index (χ4n) is 3.34. The zero-order valence-corrected chi connectivity index (χ0v) is 19.7. The number of phenolic OH excluding ortho intramolecular Hbond substituents is 1. The monoisotopic (exact) mass is 447 g/mol. The predicted molar refractivity (Wildman–Crippen MR) is 124 cm³/mol. The molecule has 0 aliphatic rings. The highest BCUT2D eigenvalue weighted by Crippen LogP contribution is 2.28. The molecule has 2 N–H and O–H groups in total. The van der Waals surface area contributed by atoms with Crippen LogP contribution in [0.25, 0.3) is 0 Å². The van der Waals surface area contributed by atoms with E-state index in [9.17, 15) is 18.3 Å². The van der Waals surface area contributed by atoms with E-state index in [1.54, 1.807) is 26.0 Å². The number of nitrogens with zero attached hydrogens (tertiary/aromatic N) is 2. The summed E-state index contributed by atoms with van der Waals surface area (Å²) in [6, 6.07) is 11.6. The Hall–Kier alpha value is -2.42. The van der Waals surface area contributed by atoms with E-state index in [1.165, 1.54) is 22.5 Å². The molecule has 0 bridgehead atoms. The summed E-state index contributed by atoms with van der Waals surface area (Å²) in [5, 5.41) is 12.8. The van der Waals surface area contributed by atoms with Gasteiger partial charge in [-0.15, -0.1) is 0 Å². The maximum absolute atomic E-state index is 12.7. The zero-order chi connectivity index (χ0) is 23.2. The largest absolute Gasteiger partial charge is 0.506 e. The molecule has 2 rings (SSSR count). The zero-order valence-electron chi connectivity index (χ0n) is 18.9. The van der Waals surface area contributed by atoms with Crippen LogP contribution in [0.2, 0.25) is 0 Å². The molecule has 8 heteroatoms. The molecule has 0 saturated heterocycles. The first-order chi connectivity index (χ1) is 14.6. The lowest BCUT2D eigenvalue weighted by atomic mass is 10.1. The molecular formula is C23H33N3O4S. The number of anilines is 1. The smallest absolute Gasteiger partial charge is 0.255 e. The number of phenols is 1. The number of rotatable bonds is 10. The van der Waals surface area contributed by atoms with Crippen molar-refractivity contribution in [2.75, 3.05) is 25.0 Å². The number of aromatic hydroxyl groups is 1. The van der Waals surface area contributed by atoms with Gasteiger partial charge in [0.05, 0.1) is 10.6 Å². The minimum absolute atomic E-state index is 0.0213. The van der Waals surface area contributed by atoms with Gasteiger partial charge in [0.1, 0.15) is 5.75 Å². The second-order valence-corrected chi connectivity index (χ2v) is 9.51. The van der Waals surface area contributed by atoms with E-state index in [1.807, 2.05) is 12.1 Å². The molecule has 0 fully saturated rings. The van der Waals surface area contributed by atoms with Gasteiger partial charge in [-0.25, -0.2) is 8.42 Å². The number of amides is 1. The van der Waals surface area contributed by atoms with Crippen molar-refractivity contribution in [2.24, 2.45) is 0 Å². The Morgan fingerprint density at radius 3 is 2.13 bits per heavy atom. The number of benzene rings is 2. The minimum atomic E-state index is -3.70. The van der Waals surface area contributed by atoms with Gasteiger partial charge >= 0.3 is 0 Å². The number of hydrogen-bond acceptors (Lipinski definition) is 5. The lowest BCUT2D eigenvalue weighted by Crippen LogP contribution is -2.30. The van der Waals surface area contributed by atoms with Crippen LogP contribution >= 0.6 is 0 Å². The topological polar surface area (TPSA) is 90.0 Å². The molecule has 0 atom stereocenters. The van der Waals surface area contributed by atoms with Gasteiger partial charge < -0.3 is 10.4 Å². The number of carbonyl (C=O) groups excluding carboxylic acids is 1. The van der Waals surface area contributed by atoms with Crippen LogP contribution in [0.4, 0.5) is 5.69 Å². The van der Waals surface area contributed by atoms with Crippen molar-refractivity contribution in [3.8, 4) is 5.75 Å². The standard InChI is InChI=1S/C23H33N3O4S/c1-6-25(17(4)5)16-18-9-11-19(12-10-18)23(28)24-21-15-20(13-14-22(21)27)31(29,30)26(7-2)8-3/h9-15,17,27H,6-8,16H2,1-5H3,(H,24,28). The van der Waals surface area contributed by atoms with Crippen molar-refractivity contribution in [2.45, 2.75) is 52.1 Å². The maximum Gasteiger partial charge on any atom is 0.255 e. The Labute approximate surface area is 185 Å². The average Bonchev–Trinajstić information content (AvgIpc) is 2.74. The first-order valence-electron chi connectivity index (χ1n) is 10.6. The molecule has 2 aromatic rings. The van der Waals surface area contributed by atoms with Crippen molar-refractivity contribution >= 4 is 21.6 Å². The Balaban J connectivity index is 2.20. The number of sulfonamides is 1. The van der Waals surface area contributed by atoms with E-state index in [-0.39, 0.29) is 16.3 Å². The molecule has 0 aliphatic heterocycles. The van der Waals surface area contributed by atoms with Crippen LogP contribution in [0.15, 0.2) is 47.4 Å². The van der Waals surface area contributed by atoms with E-state index >= 15 is 0 Å². The second kappa shape index (κ2) is 10.7. The Bertz CT molecular complexity index is 984. The molecule has 0 unspecified atom stereocenters. The van der Waals surface area contributed by atoms with E-state index in [4.69, 9.17) is 0 Å². The Morgan fingerprint density at radius 2 is 1.61 bits per heavy atom. The molecule has 0 heterocycles. The molecule has 7 nitrogen and oxygen atoms in total. The molecule has 0 saturated carbocycles. The maximum atomic E-state index is 12.7. The Kier molecular flexibility index (Phi) is 8.61. The van der Waals surface area contributed by atoms with Gasteiger partial charge in [0.25, 0.3) is 5.91 Å². The molecule has 0 radical (unpaired) electrons. The summed E-state index contributed by atoms with van der Waals surface area (Å²) < 4.78 is 26.8. The summed E-state index contributed by atoms with van der Waals surface area (Å²) in [7, 11) is -3.70. The normalized spacial score (nSPS) is 12.0. The third-order valence-electron chi connectivity index (χ3n) is 5.30. The van der Waals surface area contributed by atoms with Gasteiger partial charge in [-0.05, 0) is 56.3 Å². The summed E-state index contributed by atoms with van der Waals surface area (Å²) in [6.07, 6.45) is 0. The SMILES string of the molecule is CCN(Cc1ccc(C(=O)Nc2cc(S(=O)(=O)N(CC)CC)ccc2O)cc1)C(C)C. The fourth-order valence-corrected chi connectivity index (χ4v) is 4.82. The summed E-state index contributed by atoms with van der Waals surface area (Å²) in [6.45, 7) is 12.3. The molecular weight excluding hydrogens is 414 g/mol. The van der Waals surface area contributed by atoms with Gasteiger partial charge in [0, 0.05) is 31.2 Å². The fraction of sp³-hybridized carbons (Fsp3) is 0.435. The summed E-state index contributed by atoms with van der Waals surface area (Å²) in [4.78, 5) is 15.0. The van der Waals surface area contributed by atoms with Gasteiger partial charge in [0.2, 0.25) is 10.0 Å². The lowest BCUT2D eigenvalue weighted by Gasteiger charge is -2.24. The van der Waals surface area contributed by atoms with Crippen LogP contribution in [0.1, 0.15) is 50.5 Å². The van der Waals surface area contributed by atoms with Crippen molar-refractivity contribution in [3.05, 3.63) is 53.6 Å². The van der Waals surface area contributed by atoms with Gasteiger partial charge in [0.15, 0.2) is 0 Å². The third kappa shape index (κ3) is 6.06. The van der Waals surface area contributed by atoms with Crippen LogP contribution in [0, 0.1) is 0 Å². The molecule has 170 valence electrons. The van der Waals surface area contributed by atoms with E-state index in [0.29, 0.717) is 24.7 Å². The van der Waals surface area contributed by atoms with Crippen molar-refractivity contribution < 1.29 is 18.3 Å². The molecule has 31 heavy (non-hydrogen) atoms. The van der Waals surface area contributed by atoms with Crippen molar-refractivity contribution in [3.63, 3.8) is 0 Å². The van der Waals surface area contributed by atoms with Crippen molar-refractivity contribution in [1.82, 2.24) is 9.21 Å². The van der Waals surface area contributed by atoms with Gasteiger partial charge in [-0.3, -0.25) is 9.69 Å². The minimum Gasteiger partial charge on any atom is -0.506 e. The van der Waals surface area contributed by atoms with Crippen LogP contribution in [0.5, 0.6) is 5.75 Å². The summed E-state index contributed by atoms with van der Waals surface area (Å²) in [5.74, 6) is -0.616. The van der Waals surface area contributed by atoms with Crippen LogP contribution in [-0.4, -0.2) is 54.3 Å². The van der Waals surface area contributed by atoms with Gasteiger partial charge in [-0.2, -0.15) is 4.31 Å². The van der Waals surface area contributed by atoms with E-state index in [0.717, 1.165) is 18.7 Å². The lowest BCUT2D eigenvalue weighted by molar-refractivity contribution is 0.102.